The van der Waals surface area contributed by atoms with Crippen molar-refractivity contribution in [2.24, 2.45) is 0 Å². The Hall–Kier alpha value is -0.870. The fraction of sp³-hybridized carbons (Fsp3) is 0.417. The molecule has 0 aliphatic heterocycles. The topological polar surface area (TPSA) is 35.5 Å². The average molecular weight is 287 g/mol. The van der Waals surface area contributed by atoms with E-state index >= 15 is 0 Å². The summed E-state index contributed by atoms with van der Waals surface area (Å²) in [7, 11) is 3.02. The SMILES string of the molecule is COCC(CC(=O)OC)c1ccc(Br)cc1. The van der Waals surface area contributed by atoms with Crippen LogP contribution in [0.5, 0.6) is 0 Å². The van der Waals surface area contributed by atoms with Gasteiger partial charge in [-0.05, 0) is 17.7 Å². The summed E-state index contributed by atoms with van der Waals surface area (Å²) in [6, 6.07) is 7.87. The second kappa shape index (κ2) is 6.66. The van der Waals surface area contributed by atoms with Crippen LogP contribution in [0, 0.1) is 0 Å². The number of methoxy groups -OCH3 is 2. The van der Waals surface area contributed by atoms with E-state index in [1.807, 2.05) is 24.3 Å². The number of rotatable bonds is 5. The number of hydrogen-bond acceptors (Lipinski definition) is 3. The number of halogens is 1. The monoisotopic (exact) mass is 286 g/mol. The maximum atomic E-state index is 11.3. The van der Waals surface area contributed by atoms with Crippen LogP contribution in [-0.4, -0.2) is 26.8 Å². The minimum atomic E-state index is -0.218. The Kier molecular flexibility index (Phi) is 5.49. The van der Waals surface area contributed by atoms with Crippen molar-refractivity contribution in [2.75, 3.05) is 20.8 Å². The molecule has 0 aliphatic carbocycles. The highest BCUT2D eigenvalue weighted by atomic mass is 79.9. The Morgan fingerprint density at radius 1 is 1.31 bits per heavy atom. The van der Waals surface area contributed by atoms with E-state index < -0.39 is 0 Å². The summed E-state index contributed by atoms with van der Waals surface area (Å²) >= 11 is 3.38. The molecule has 0 saturated heterocycles. The highest BCUT2D eigenvalue weighted by molar-refractivity contribution is 9.10. The van der Waals surface area contributed by atoms with E-state index in [0.717, 1.165) is 10.0 Å². The zero-order valence-electron chi connectivity index (χ0n) is 9.40. The van der Waals surface area contributed by atoms with Gasteiger partial charge in [-0.3, -0.25) is 4.79 Å². The normalized spacial score (nSPS) is 12.2. The molecule has 0 aliphatic rings. The van der Waals surface area contributed by atoms with Gasteiger partial charge in [-0.2, -0.15) is 0 Å². The van der Waals surface area contributed by atoms with Gasteiger partial charge in [0.2, 0.25) is 0 Å². The molecule has 16 heavy (non-hydrogen) atoms. The number of carbonyl (C=O) groups excluding carboxylic acids is 1. The molecule has 0 spiro atoms. The molecule has 1 atom stereocenters. The van der Waals surface area contributed by atoms with Crippen molar-refractivity contribution in [3.05, 3.63) is 34.3 Å². The van der Waals surface area contributed by atoms with Gasteiger partial charge in [0.15, 0.2) is 0 Å². The summed E-state index contributed by atoms with van der Waals surface area (Å²) in [6.45, 7) is 0.511. The Morgan fingerprint density at radius 2 is 1.94 bits per heavy atom. The smallest absolute Gasteiger partial charge is 0.306 e. The predicted octanol–water partition coefficient (Wildman–Crippen LogP) is 2.74. The summed E-state index contributed by atoms with van der Waals surface area (Å²) in [6.07, 6.45) is 0.339. The van der Waals surface area contributed by atoms with Gasteiger partial charge in [-0.1, -0.05) is 28.1 Å². The fourth-order valence-corrected chi connectivity index (χ4v) is 1.76. The van der Waals surface area contributed by atoms with Crippen LogP contribution < -0.4 is 0 Å². The second-order valence-corrected chi connectivity index (χ2v) is 4.40. The number of carbonyl (C=O) groups is 1. The first-order valence-corrected chi connectivity index (χ1v) is 5.78. The van der Waals surface area contributed by atoms with Crippen molar-refractivity contribution >= 4 is 21.9 Å². The zero-order valence-corrected chi connectivity index (χ0v) is 11.0. The summed E-state index contributed by atoms with van der Waals surface area (Å²) in [4.78, 5) is 11.3. The van der Waals surface area contributed by atoms with Crippen molar-refractivity contribution in [1.29, 1.82) is 0 Å². The van der Waals surface area contributed by atoms with Crippen LogP contribution in [0.15, 0.2) is 28.7 Å². The molecule has 0 saturated carbocycles. The van der Waals surface area contributed by atoms with Gasteiger partial charge in [0.25, 0.3) is 0 Å². The van der Waals surface area contributed by atoms with Crippen molar-refractivity contribution in [3.63, 3.8) is 0 Å². The van der Waals surface area contributed by atoms with E-state index in [0.29, 0.717) is 13.0 Å². The molecule has 0 aromatic heterocycles. The number of ether oxygens (including phenoxy) is 2. The lowest BCUT2D eigenvalue weighted by Crippen LogP contribution is -2.13. The fourth-order valence-electron chi connectivity index (χ4n) is 1.49. The molecule has 1 rings (SSSR count). The summed E-state index contributed by atoms with van der Waals surface area (Å²) < 4.78 is 10.8. The molecule has 0 heterocycles. The van der Waals surface area contributed by atoms with Crippen molar-refractivity contribution in [2.45, 2.75) is 12.3 Å². The van der Waals surface area contributed by atoms with Crippen LogP contribution in [0.3, 0.4) is 0 Å². The van der Waals surface area contributed by atoms with Gasteiger partial charge in [0.05, 0.1) is 20.1 Å². The second-order valence-electron chi connectivity index (χ2n) is 3.48. The number of benzene rings is 1. The van der Waals surface area contributed by atoms with Gasteiger partial charge in [0, 0.05) is 17.5 Å². The molecule has 0 amide bonds. The van der Waals surface area contributed by atoms with Gasteiger partial charge < -0.3 is 9.47 Å². The maximum Gasteiger partial charge on any atom is 0.306 e. The third-order valence-corrected chi connectivity index (χ3v) is 2.88. The average Bonchev–Trinajstić information content (AvgIpc) is 2.29. The van der Waals surface area contributed by atoms with E-state index in [9.17, 15) is 4.79 Å². The molecule has 4 heteroatoms. The molecule has 0 radical (unpaired) electrons. The van der Waals surface area contributed by atoms with Crippen LogP contribution in [0.25, 0.3) is 0 Å². The van der Waals surface area contributed by atoms with Crippen molar-refractivity contribution in [1.82, 2.24) is 0 Å². The highest BCUT2D eigenvalue weighted by Crippen LogP contribution is 2.22. The first kappa shape index (κ1) is 13.2. The maximum absolute atomic E-state index is 11.3. The minimum Gasteiger partial charge on any atom is -0.469 e. The molecule has 0 N–H and O–H groups in total. The highest BCUT2D eigenvalue weighted by Gasteiger charge is 2.16. The standard InChI is InChI=1S/C12H15BrO3/c1-15-8-10(7-12(14)16-2)9-3-5-11(13)6-4-9/h3-6,10H,7-8H2,1-2H3. The molecule has 1 aromatic rings. The van der Waals surface area contributed by atoms with E-state index in [-0.39, 0.29) is 11.9 Å². The van der Waals surface area contributed by atoms with E-state index in [2.05, 4.69) is 20.7 Å². The van der Waals surface area contributed by atoms with Crippen LogP contribution in [0.2, 0.25) is 0 Å². The van der Waals surface area contributed by atoms with E-state index in [1.54, 1.807) is 7.11 Å². The lowest BCUT2D eigenvalue weighted by atomic mass is 9.97. The number of hydrogen-bond donors (Lipinski definition) is 0. The van der Waals surface area contributed by atoms with Gasteiger partial charge in [-0.15, -0.1) is 0 Å². The Bertz CT molecular complexity index is 335. The lowest BCUT2D eigenvalue weighted by molar-refractivity contribution is -0.141. The zero-order chi connectivity index (χ0) is 12.0. The van der Waals surface area contributed by atoms with Crippen molar-refractivity contribution in [3.8, 4) is 0 Å². The van der Waals surface area contributed by atoms with Crippen molar-refractivity contribution < 1.29 is 14.3 Å². The molecule has 1 aromatic carbocycles. The van der Waals surface area contributed by atoms with E-state index in [1.165, 1.54) is 7.11 Å². The molecule has 0 fully saturated rings. The molecule has 1 unspecified atom stereocenters. The van der Waals surface area contributed by atoms with Crippen LogP contribution in [-0.2, 0) is 14.3 Å². The van der Waals surface area contributed by atoms with Gasteiger partial charge in [0.1, 0.15) is 0 Å². The third kappa shape index (κ3) is 3.94. The quantitative estimate of drug-likeness (QED) is 0.781. The third-order valence-electron chi connectivity index (χ3n) is 2.35. The Morgan fingerprint density at radius 3 is 2.44 bits per heavy atom. The summed E-state index contributed by atoms with van der Waals surface area (Å²) in [5, 5.41) is 0. The van der Waals surface area contributed by atoms with Crippen LogP contribution in [0.4, 0.5) is 0 Å². The Labute approximate surface area is 104 Å². The van der Waals surface area contributed by atoms with Gasteiger partial charge >= 0.3 is 5.97 Å². The molecule has 3 nitrogen and oxygen atoms in total. The number of esters is 1. The largest absolute Gasteiger partial charge is 0.469 e. The van der Waals surface area contributed by atoms with Gasteiger partial charge in [-0.25, -0.2) is 0 Å². The minimum absolute atomic E-state index is 0.0468. The first-order valence-electron chi connectivity index (χ1n) is 4.98. The first-order chi connectivity index (χ1) is 7.67. The summed E-state index contributed by atoms with van der Waals surface area (Å²) in [5.74, 6) is -0.171. The molecular formula is C12H15BrO3. The molecule has 88 valence electrons. The Balaban J connectivity index is 2.76. The van der Waals surface area contributed by atoms with E-state index in [4.69, 9.17) is 4.74 Å². The summed E-state index contributed by atoms with van der Waals surface area (Å²) in [5.41, 5.74) is 1.08. The van der Waals surface area contributed by atoms with Crippen LogP contribution >= 0.6 is 15.9 Å². The predicted molar refractivity (Wildman–Crippen MR) is 65.4 cm³/mol. The van der Waals surface area contributed by atoms with Crippen LogP contribution in [0.1, 0.15) is 17.9 Å². The molecular weight excluding hydrogens is 272 g/mol. The molecule has 0 bridgehead atoms. The lowest BCUT2D eigenvalue weighted by Gasteiger charge is -2.15.